The standard InChI is InChI=1S/C10H10BrFN2O/c11-9-3-6(12)1-2-8(9)10-4-7(5-13)15-14-10/h1-3,7H,4-5,13H2. The summed E-state index contributed by atoms with van der Waals surface area (Å²) in [5.41, 5.74) is 7.12. The van der Waals surface area contributed by atoms with Crippen LogP contribution in [-0.2, 0) is 4.84 Å². The molecular weight excluding hydrogens is 263 g/mol. The maximum atomic E-state index is 12.9. The molecule has 15 heavy (non-hydrogen) atoms. The molecule has 0 fully saturated rings. The van der Waals surface area contributed by atoms with E-state index in [1.54, 1.807) is 6.07 Å². The van der Waals surface area contributed by atoms with Crippen molar-refractivity contribution in [3.05, 3.63) is 34.1 Å². The van der Waals surface area contributed by atoms with Crippen LogP contribution >= 0.6 is 15.9 Å². The van der Waals surface area contributed by atoms with Gasteiger partial charge in [0.25, 0.3) is 0 Å². The highest BCUT2D eigenvalue weighted by Crippen LogP contribution is 2.23. The molecule has 0 radical (unpaired) electrons. The molecule has 0 bridgehead atoms. The molecule has 0 aliphatic carbocycles. The Balaban J connectivity index is 2.24. The molecule has 0 saturated heterocycles. The highest BCUT2D eigenvalue weighted by molar-refractivity contribution is 9.10. The average Bonchev–Trinajstić information content (AvgIpc) is 2.66. The minimum atomic E-state index is -0.277. The monoisotopic (exact) mass is 272 g/mol. The number of hydrogen-bond acceptors (Lipinski definition) is 3. The van der Waals surface area contributed by atoms with Crippen LogP contribution in [0.2, 0.25) is 0 Å². The summed E-state index contributed by atoms with van der Waals surface area (Å²) >= 11 is 3.29. The molecule has 1 aliphatic rings. The number of halogens is 2. The van der Waals surface area contributed by atoms with Gasteiger partial charge in [-0.15, -0.1) is 0 Å². The number of nitrogens with zero attached hydrogens (tertiary/aromatic N) is 1. The van der Waals surface area contributed by atoms with Crippen molar-refractivity contribution >= 4 is 21.6 Å². The third-order valence-electron chi connectivity index (χ3n) is 2.24. The second kappa shape index (κ2) is 4.28. The molecule has 1 heterocycles. The molecule has 5 heteroatoms. The number of benzene rings is 1. The number of nitrogens with two attached hydrogens (primary N) is 1. The fourth-order valence-corrected chi connectivity index (χ4v) is 2.02. The molecule has 2 N–H and O–H groups in total. The zero-order valence-electron chi connectivity index (χ0n) is 7.91. The SMILES string of the molecule is NCC1CC(c2ccc(F)cc2Br)=NO1. The fourth-order valence-electron chi connectivity index (χ4n) is 1.44. The largest absolute Gasteiger partial charge is 0.390 e. The van der Waals surface area contributed by atoms with Gasteiger partial charge in [0.2, 0.25) is 0 Å². The van der Waals surface area contributed by atoms with E-state index in [2.05, 4.69) is 21.1 Å². The third kappa shape index (κ3) is 2.18. The van der Waals surface area contributed by atoms with E-state index in [0.29, 0.717) is 17.4 Å². The maximum absolute atomic E-state index is 12.9. The lowest BCUT2D eigenvalue weighted by atomic mass is 10.1. The number of oxime groups is 1. The van der Waals surface area contributed by atoms with E-state index in [4.69, 9.17) is 10.6 Å². The zero-order chi connectivity index (χ0) is 10.8. The van der Waals surface area contributed by atoms with Crippen molar-refractivity contribution in [2.45, 2.75) is 12.5 Å². The van der Waals surface area contributed by atoms with Crippen molar-refractivity contribution in [3.63, 3.8) is 0 Å². The number of rotatable bonds is 2. The highest BCUT2D eigenvalue weighted by Gasteiger charge is 2.22. The molecule has 0 amide bonds. The van der Waals surface area contributed by atoms with Crippen LogP contribution in [0.25, 0.3) is 0 Å². The van der Waals surface area contributed by atoms with Crippen LogP contribution < -0.4 is 5.73 Å². The van der Waals surface area contributed by atoms with Gasteiger partial charge in [-0.25, -0.2) is 4.39 Å². The first-order valence-electron chi connectivity index (χ1n) is 4.59. The molecule has 2 rings (SSSR count). The normalized spacial score (nSPS) is 19.9. The Hall–Kier alpha value is -0.940. The van der Waals surface area contributed by atoms with Gasteiger partial charge in [-0.05, 0) is 18.2 Å². The van der Waals surface area contributed by atoms with Gasteiger partial charge >= 0.3 is 0 Å². The molecule has 80 valence electrons. The van der Waals surface area contributed by atoms with Crippen LogP contribution in [-0.4, -0.2) is 18.4 Å². The molecule has 0 saturated carbocycles. The van der Waals surface area contributed by atoms with Gasteiger partial charge in [0, 0.05) is 23.0 Å². The average molecular weight is 273 g/mol. The summed E-state index contributed by atoms with van der Waals surface area (Å²) < 4.78 is 13.5. The molecule has 1 aromatic carbocycles. The van der Waals surface area contributed by atoms with Crippen molar-refractivity contribution in [2.24, 2.45) is 10.9 Å². The van der Waals surface area contributed by atoms with E-state index >= 15 is 0 Å². The van der Waals surface area contributed by atoms with E-state index in [9.17, 15) is 4.39 Å². The van der Waals surface area contributed by atoms with Crippen molar-refractivity contribution in [2.75, 3.05) is 6.54 Å². The summed E-state index contributed by atoms with van der Waals surface area (Å²) in [5, 5.41) is 3.93. The second-order valence-corrected chi connectivity index (χ2v) is 4.18. The van der Waals surface area contributed by atoms with Crippen LogP contribution in [0.1, 0.15) is 12.0 Å². The van der Waals surface area contributed by atoms with Crippen molar-refractivity contribution in [1.29, 1.82) is 0 Å². The quantitative estimate of drug-likeness (QED) is 0.896. The van der Waals surface area contributed by atoms with Gasteiger partial charge in [-0.2, -0.15) is 0 Å². The van der Waals surface area contributed by atoms with Crippen LogP contribution in [0, 0.1) is 5.82 Å². The molecule has 1 aliphatic heterocycles. The molecule has 3 nitrogen and oxygen atoms in total. The van der Waals surface area contributed by atoms with E-state index < -0.39 is 0 Å². The summed E-state index contributed by atoms with van der Waals surface area (Å²) in [5.74, 6) is -0.277. The highest BCUT2D eigenvalue weighted by atomic mass is 79.9. The second-order valence-electron chi connectivity index (χ2n) is 3.33. The summed E-state index contributed by atoms with van der Waals surface area (Å²) in [6.07, 6.45) is 0.609. The van der Waals surface area contributed by atoms with Crippen molar-refractivity contribution < 1.29 is 9.23 Å². The van der Waals surface area contributed by atoms with Crippen molar-refractivity contribution in [1.82, 2.24) is 0 Å². The Kier molecular flexibility index (Phi) is 3.02. The lowest BCUT2D eigenvalue weighted by molar-refractivity contribution is 0.0918. The van der Waals surface area contributed by atoms with Crippen LogP contribution in [0.15, 0.2) is 27.8 Å². The van der Waals surface area contributed by atoms with E-state index in [1.165, 1.54) is 12.1 Å². The minimum absolute atomic E-state index is 0.0584. The Morgan fingerprint density at radius 1 is 1.60 bits per heavy atom. The van der Waals surface area contributed by atoms with Crippen LogP contribution in [0.3, 0.4) is 0 Å². The lowest BCUT2D eigenvalue weighted by Crippen LogP contribution is -2.20. The van der Waals surface area contributed by atoms with Gasteiger partial charge in [0.15, 0.2) is 0 Å². The summed E-state index contributed by atoms with van der Waals surface area (Å²) in [6.45, 7) is 0.436. The molecule has 1 unspecified atom stereocenters. The Morgan fingerprint density at radius 3 is 3.00 bits per heavy atom. The molecule has 1 atom stereocenters. The van der Waals surface area contributed by atoms with Gasteiger partial charge in [0.1, 0.15) is 11.9 Å². The Morgan fingerprint density at radius 2 is 2.40 bits per heavy atom. The summed E-state index contributed by atoms with van der Waals surface area (Å²) in [6, 6.07) is 4.49. The molecular formula is C10H10BrFN2O. The van der Waals surface area contributed by atoms with Crippen LogP contribution in [0.5, 0.6) is 0 Å². The first kappa shape index (κ1) is 10.6. The van der Waals surface area contributed by atoms with Gasteiger partial charge < -0.3 is 10.6 Å². The van der Waals surface area contributed by atoms with Gasteiger partial charge in [-0.3, -0.25) is 0 Å². The van der Waals surface area contributed by atoms with E-state index in [1.807, 2.05) is 0 Å². The topological polar surface area (TPSA) is 47.6 Å². The predicted molar refractivity (Wildman–Crippen MR) is 59.2 cm³/mol. The zero-order valence-corrected chi connectivity index (χ0v) is 9.50. The fraction of sp³-hybridized carbons (Fsp3) is 0.300. The molecule has 1 aromatic rings. The molecule has 0 aromatic heterocycles. The van der Waals surface area contributed by atoms with E-state index in [0.717, 1.165) is 11.3 Å². The van der Waals surface area contributed by atoms with Crippen molar-refractivity contribution in [3.8, 4) is 0 Å². The smallest absolute Gasteiger partial charge is 0.145 e. The lowest BCUT2D eigenvalue weighted by Gasteiger charge is -2.03. The summed E-state index contributed by atoms with van der Waals surface area (Å²) in [4.78, 5) is 5.10. The Labute approximate surface area is 95.2 Å². The first-order valence-corrected chi connectivity index (χ1v) is 5.38. The first-order chi connectivity index (χ1) is 7.20. The van der Waals surface area contributed by atoms with Gasteiger partial charge in [-0.1, -0.05) is 21.1 Å². The third-order valence-corrected chi connectivity index (χ3v) is 2.89. The maximum Gasteiger partial charge on any atom is 0.145 e. The van der Waals surface area contributed by atoms with Crippen LogP contribution in [0.4, 0.5) is 4.39 Å². The molecule has 0 spiro atoms. The summed E-state index contributed by atoms with van der Waals surface area (Å²) in [7, 11) is 0. The predicted octanol–water partition coefficient (Wildman–Crippen LogP) is 2.04. The van der Waals surface area contributed by atoms with E-state index in [-0.39, 0.29) is 11.9 Å². The number of hydrogen-bond donors (Lipinski definition) is 1. The Bertz CT molecular complexity index is 408. The van der Waals surface area contributed by atoms with Gasteiger partial charge in [0.05, 0.1) is 5.71 Å². The minimum Gasteiger partial charge on any atom is -0.390 e.